The molecule has 2 N–H and O–H groups in total. The van der Waals surface area contributed by atoms with E-state index < -0.39 is 10.8 Å². The van der Waals surface area contributed by atoms with Crippen LogP contribution in [0.25, 0.3) is 0 Å². The van der Waals surface area contributed by atoms with Crippen LogP contribution in [0.3, 0.4) is 0 Å². The smallest absolute Gasteiger partial charge is 0.0849 e. The van der Waals surface area contributed by atoms with Crippen LogP contribution in [0.1, 0.15) is 0 Å². The molecule has 0 atom stereocenters. The second kappa shape index (κ2) is 5.44. The van der Waals surface area contributed by atoms with Crippen molar-refractivity contribution >= 4 is 10.8 Å². The molecular weight excluding hydrogens is 208 g/mol. The molecule has 2 aromatic carbocycles. The first-order valence-corrected chi connectivity index (χ1v) is 5.55. The van der Waals surface area contributed by atoms with Crippen molar-refractivity contribution in [2.24, 2.45) is 0 Å². The van der Waals surface area contributed by atoms with Crippen molar-refractivity contribution in [3.8, 4) is 0 Å². The first-order valence-electron chi connectivity index (χ1n) is 4.40. The number of hydrogen-bond donors (Lipinski definition) is 0. The molecule has 0 bridgehead atoms. The lowest BCUT2D eigenvalue weighted by atomic mass is 10.4. The summed E-state index contributed by atoms with van der Waals surface area (Å²) in [7, 11) is -1.05. The summed E-state index contributed by atoms with van der Waals surface area (Å²) in [6.07, 6.45) is 0. The number of hydrogen-bond acceptors (Lipinski definition) is 1. The summed E-state index contributed by atoms with van der Waals surface area (Å²) in [6, 6.07) is 19.0. The van der Waals surface area contributed by atoms with Gasteiger partial charge in [-0.1, -0.05) is 36.4 Å². The summed E-state index contributed by atoms with van der Waals surface area (Å²) in [5.74, 6) is 0. The minimum atomic E-state index is -1.05. The third-order valence-corrected chi connectivity index (χ3v) is 3.32. The molecule has 0 saturated carbocycles. The molecular formula is C12H12O2S. The Kier molecular flexibility index (Phi) is 4.21. The summed E-state index contributed by atoms with van der Waals surface area (Å²) in [5.41, 5.74) is 0. The van der Waals surface area contributed by atoms with E-state index in [1.807, 2.05) is 60.7 Å². The average molecular weight is 220 g/mol. The summed E-state index contributed by atoms with van der Waals surface area (Å²) in [5, 5.41) is 0. The average Bonchev–Trinajstić information content (AvgIpc) is 2.30. The van der Waals surface area contributed by atoms with Crippen LogP contribution in [-0.2, 0) is 10.8 Å². The van der Waals surface area contributed by atoms with E-state index in [1.165, 1.54) is 0 Å². The molecule has 3 heteroatoms. The van der Waals surface area contributed by atoms with Gasteiger partial charge in [0, 0.05) is 9.79 Å². The summed E-state index contributed by atoms with van der Waals surface area (Å²) >= 11 is 0. The SMILES string of the molecule is O.O=S(c1ccccc1)c1ccccc1. The Morgan fingerprint density at radius 3 is 1.33 bits per heavy atom. The van der Waals surface area contributed by atoms with Crippen LogP contribution >= 0.6 is 0 Å². The predicted octanol–water partition coefficient (Wildman–Crippen LogP) is 2.03. The molecule has 0 spiro atoms. The molecule has 0 fully saturated rings. The van der Waals surface area contributed by atoms with Gasteiger partial charge in [0.05, 0.1) is 10.8 Å². The van der Waals surface area contributed by atoms with Gasteiger partial charge in [-0.2, -0.15) is 0 Å². The fourth-order valence-corrected chi connectivity index (χ4v) is 2.31. The van der Waals surface area contributed by atoms with Crippen LogP contribution in [0.4, 0.5) is 0 Å². The lowest BCUT2D eigenvalue weighted by molar-refractivity contribution is 0.683. The highest BCUT2D eigenvalue weighted by atomic mass is 32.2. The van der Waals surface area contributed by atoms with Crippen LogP contribution in [0.5, 0.6) is 0 Å². The van der Waals surface area contributed by atoms with Gasteiger partial charge in [0.15, 0.2) is 0 Å². The van der Waals surface area contributed by atoms with Gasteiger partial charge in [-0.05, 0) is 24.3 Å². The van der Waals surface area contributed by atoms with E-state index in [9.17, 15) is 4.21 Å². The number of rotatable bonds is 2. The van der Waals surface area contributed by atoms with E-state index in [0.717, 1.165) is 9.79 Å². The Morgan fingerprint density at radius 1 is 0.667 bits per heavy atom. The fraction of sp³-hybridized carbons (Fsp3) is 0. The van der Waals surface area contributed by atoms with Gasteiger partial charge in [-0.25, -0.2) is 4.21 Å². The molecule has 0 aliphatic heterocycles. The summed E-state index contributed by atoms with van der Waals surface area (Å²) in [6.45, 7) is 0. The van der Waals surface area contributed by atoms with Crippen molar-refractivity contribution in [2.75, 3.05) is 0 Å². The first kappa shape index (κ1) is 11.6. The molecule has 0 aliphatic carbocycles. The molecule has 0 radical (unpaired) electrons. The third-order valence-electron chi connectivity index (χ3n) is 1.91. The van der Waals surface area contributed by atoms with Crippen molar-refractivity contribution in [1.82, 2.24) is 0 Å². The molecule has 0 aliphatic rings. The molecule has 2 nitrogen and oxygen atoms in total. The maximum atomic E-state index is 12.0. The van der Waals surface area contributed by atoms with Crippen LogP contribution < -0.4 is 0 Å². The van der Waals surface area contributed by atoms with Gasteiger partial charge in [0.1, 0.15) is 0 Å². The van der Waals surface area contributed by atoms with Gasteiger partial charge in [-0.3, -0.25) is 0 Å². The molecule has 2 aromatic rings. The lowest BCUT2D eigenvalue weighted by Crippen LogP contribution is -1.91. The van der Waals surface area contributed by atoms with E-state index >= 15 is 0 Å². The maximum absolute atomic E-state index is 12.0. The zero-order valence-electron chi connectivity index (χ0n) is 8.09. The van der Waals surface area contributed by atoms with Crippen LogP contribution in [0, 0.1) is 0 Å². The Morgan fingerprint density at radius 2 is 1.00 bits per heavy atom. The maximum Gasteiger partial charge on any atom is 0.0849 e. The molecule has 0 heterocycles. The molecule has 78 valence electrons. The molecule has 0 saturated heterocycles. The minimum absolute atomic E-state index is 0. The van der Waals surface area contributed by atoms with Gasteiger partial charge >= 0.3 is 0 Å². The zero-order chi connectivity index (χ0) is 9.80. The topological polar surface area (TPSA) is 48.6 Å². The Labute approximate surface area is 91.3 Å². The lowest BCUT2D eigenvalue weighted by Gasteiger charge is -2.00. The van der Waals surface area contributed by atoms with Crippen LogP contribution in [0.15, 0.2) is 70.5 Å². The van der Waals surface area contributed by atoms with Crippen molar-refractivity contribution in [3.05, 3.63) is 60.7 Å². The highest BCUT2D eigenvalue weighted by Crippen LogP contribution is 2.14. The van der Waals surface area contributed by atoms with E-state index in [0.29, 0.717) is 0 Å². The summed E-state index contributed by atoms with van der Waals surface area (Å²) < 4.78 is 12.0. The molecule has 0 amide bonds. The first-order chi connectivity index (χ1) is 6.88. The van der Waals surface area contributed by atoms with E-state index in [4.69, 9.17) is 0 Å². The second-order valence-corrected chi connectivity index (χ2v) is 4.38. The van der Waals surface area contributed by atoms with E-state index in [-0.39, 0.29) is 5.48 Å². The minimum Gasteiger partial charge on any atom is -0.412 e. The number of benzene rings is 2. The Balaban J connectivity index is 0.00000112. The van der Waals surface area contributed by atoms with Crippen LogP contribution in [0.2, 0.25) is 0 Å². The van der Waals surface area contributed by atoms with Crippen molar-refractivity contribution in [2.45, 2.75) is 9.79 Å². The third kappa shape index (κ3) is 2.75. The second-order valence-electron chi connectivity index (χ2n) is 2.89. The molecule has 0 aromatic heterocycles. The predicted molar refractivity (Wildman–Crippen MR) is 61.2 cm³/mol. The standard InChI is InChI=1S/C12H10OS.H2O/c13-14(11-7-3-1-4-8-11)12-9-5-2-6-10-12;/h1-10H;1H2. The Hall–Kier alpha value is -1.45. The fourth-order valence-electron chi connectivity index (χ4n) is 1.22. The summed E-state index contributed by atoms with van der Waals surface area (Å²) in [4.78, 5) is 1.69. The van der Waals surface area contributed by atoms with Crippen LogP contribution in [-0.4, -0.2) is 9.69 Å². The van der Waals surface area contributed by atoms with Crippen molar-refractivity contribution < 1.29 is 9.69 Å². The molecule has 15 heavy (non-hydrogen) atoms. The monoisotopic (exact) mass is 220 g/mol. The largest absolute Gasteiger partial charge is 0.412 e. The van der Waals surface area contributed by atoms with Gasteiger partial charge in [0.2, 0.25) is 0 Å². The quantitative estimate of drug-likeness (QED) is 0.764. The van der Waals surface area contributed by atoms with Gasteiger partial charge < -0.3 is 5.48 Å². The Bertz CT molecular complexity index is 384. The molecule has 0 unspecified atom stereocenters. The van der Waals surface area contributed by atoms with Crippen molar-refractivity contribution in [3.63, 3.8) is 0 Å². The normalized spacial score (nSPS) is 9.67. The zero-order valence-corrected chi connectivity index (χ0v) is 8.91. The van der Waals surface area contributed by atoms with Gasteiger partial charge in [-0.15, -0.1) is 0 Å². The van der Waals surface area contributed by atoms with Crippen molar-refractivity contribution in [1.29, 1.82) is 0 Å². The highest BCUT2D eigenvalue weighted by molar-refractivity contribution is 7.85. The van der Waals surface area contributed by atoms with Gasteiger partial charge in [0.25, 0.3) is 0 Å². The van der Waals surface area contributed by atoms with E-state index in [1.54, 1.807) is 0 Å². The molecule has 2 rings (SSSR count). The highest BCUT2D eigenvalue weighted by Gasteiger charge is 2.04. The van der Waals surface area contributed by atoms with E-state index in [2.05, 4.69) is 0 Å².